The van der Waals surface area contributed by atoms with Crippen molar-refractivity contribution in [2.45, 2.75) is 0 Å². The van der Waals surface area contributed by atoms with E-state index >= 15 is 0 Å². The quantitative estimate of drug-likeness (QED) is 0.346. The van der Waals surface area contributed by atoms with Crippen LogP contribution in [0.25, 0.3) is 0 Å². The van der Waals surface area contributed by atoms with E-state index in [-0.39, 0.29) is 43.0 Å². The van der Waals surface area contributed by atoms with Gasteiger partial charge >= 0.3 is 23.1 Å². The van der Waals surface area contributed by atoms with Crippen molar-refractivity contribution in [3.8, 4) is 0 Å². The molecule has 0 aliphatic heterocycles. The molecule has 0 unspecified atom stereocenters. The third-order valence-corrected chi connectivity index (χ3v) is 0. The molecule has 0 amide bonds. The molecule has 4 heavy (non-hydrogen) atoms. The number of rotatable bonds is 0. The summed E-state index contributed by atoms with van der Waals surface area (Å²) in [4.78, 5) is 0. The standard InChI is InChI=1S/Mg.H3N.2H2O.2H/h;1H3;2*1H2;;/q+2;;;;2*-1. The van der Waals surface area contributed by atoms with Crippen molar-refractivity contribution in [2.75, 3.05) is 0 Å². The van der Waals surface area contributed by atoms with Gasteiger partial charge < -0.3 is 20.0 Å². The summed E-state index contributed by atoms with van der Waals surface area (Å²) in [7, 11) is 0. The van der Waals surface area contributed by atoms with E-state index in [9.17, 15) is 0 Å². The Morgan fingerprint density at radius 3 is 1.00 bits per heavy atom. The van der Waals surface area contributed by atoms with Crippen LogP contribution in [0.5, 0.6) is 0 Å². The van der Waals surface area contributed by atoms with Gasteiger partial charge in [-0.3, -0.25) is 0 Å². The average Bonchev–Trinajstić information content (AvgIpc) is 0. The van der Waals surface area contributed by atoms with E-state index in [0.29, 0.717) is 0 Å². The second-order valence-electron chi connectivity index (χ2n) is 0. The molecular weight excluding hydrogens is 70.3 g/mol. The number of hydrogen-bond acceptors (Lipinski definition) is 1. The average molecular weight is 79.4 g/mol. The van der Waals surface area contributed by atoms with Gasteiger partial charge in [0.25, 0.3) is 0 Å². The molecule has 0 aliphatic carbocycles. The van der Waals surface area contributed by atoms with Crippen LogP contribution in [-0.2, 0) is 0 Å². The maximum atomic E-state index is 0. The first-order chi connectivity index (χ1) is 0. The molecule has 0 aromatic rings. The van der Waals surface area contributed by atoms with Gasteiger partial charge in [-0.2, -0.15) is 0 Å². The maximum Gasteiger partial charge on any atom is 2.00 e. The van der Waals surface area contributed by atoms with Crippen LogP contribution in [0.3, 0.4) is 0 Å². The first kappa shape index (κ1) is 148. The van der Waals surface area contributed by atoms with Gasteiger partial charge in [0.1, 0.15) is 0 Å². The summed E-state index contributed by atoms with van der Waals surface area (Å²) in [6.45, 7) is 0. The van der Waals surface area contributed by atoms with Crippen LogP contribution in [-0.4, -0.2) is 34.0 Å². The summed E-state index contributed by atoms with van der Waals surface area (Å²) in [5, 5.41) is 0. The third-order valence-electron chi connectivity index (χ3n) is 0. The van der Waals surface area contributed by atoms with Crippen molar-refractivity contribution in [3.05, 3.63) is 0 Å². The second kappa shape index (κ2) is 61.1. The molecule has 4 heteroatoms. The molecule has 0 radical (unpaired) electrons. The van der Waals surface area contributed by atoms with Gasteiger partial charge in [0.05, 0.1) is 0 Å². The Labute approximate surface area is 43.7 Å². The second-order valence-corrected chi connectivity index (χ2v) is 0. The van der Waals surface area contributed by atoms with Gasteiger partial charge in [-0.05, 0) is 0 Å². The summed E-state index contributed by atoms with van der Waals surface area (Å²) < 4.78 is 0. The molecule has 0 aromatic carbocycles. The molecule has 0 aliphatic rings. The minimum atomic E-state index is 0. The molecule has 0 rings (SSSR count). The monoisotopic (exact) mass is 79.0 g/mol. The van der Waals surface area contributed by atoms with E-state index in [1.54, 1.807) is 0 Å². The molecule has 28 valence electrons. The van der Waals surface area contributed by atoms with Crippen LogP contribution < -0.4 is 6.15 Å². The molecule has 0 aromatic heterocycles. The van der Waals surface area contributed by atoms with Crippen LogP contribution in [0.4, 0.5) is 0 Å². The molecule has 0 saturated heterocycles. The van der Waals surface area contributed by atoms with Crippen molar-refractivity contribution in [1.82, 2.24) is 6.15 Å². The Bertz CT molecular complexity index is 11.5. The molecule has 0 bridgehead atoms. The van der Waals surface area contributed by atoms with Crippen LogP contribution >= 0.6 is 0 Å². The molecule has 0 atom stereocenters. The van der Waals surface area contributed by atoms with Crippen molar-refractivity contribution >= 4 is 23.1 Å². The summed E-state index contributed by atoms with van der Waals surface area (Å²) in [6, 6.07) is 0. The topological polar surface area (TPSA) is 98.0 Å². The minimum Gasteiger partial charge on any atom is -1.00 e. The molecule has 0 saturated carbocycles. The Hall–Kier alpha value is 0.646. The normalized spacial score (nSPS) is 0. The van der Waals surface area contributed by atoms with E-state index in [0.717, 1.165) is 0 Å². The van der Waals surface area contributed by atoms with Crippen molar-refractivity contribution < 1.29 is 13.8 Å². The van der Waals surface area contributed by atoms with Gasteiger partial charge in [0, 0.05) is 0 Å². The van der Waals surface area contributed by atoms with E-state index < -0.39 is 0 Å². The Kier molecular flexibility index (Phi) is 2260. The van der Waals surface area contributed by atoms with E-state index in [2.05, 4.69) is 0 Å². The molecule has 0 spiro atoms. The summed E-state index contributed by atoms with van der Waals surface area (Å²) >= 11 is 0. The van der Waals surface area contributed by atoms with Gasteiger partial charge in [-0.15, -0.1) is 0 Å². The first-order valence-electron chi connectivity index (χ1n) is 0. The fourth-order valence-electron chi connectivity index (χ4n) is 0. The zero-order valence-corrected chi connectivity index (χ0v) is 3.83. The third kappa shape index (κ3) is 17.2. The van der Waals surface area contributed by atoms with Gasteiger partial charge in [0.2, 0.25) is 0 Å². The molecular formula is H9MgNO2. The van der Waals surface area contributed by atoms with E-state index in [1.807, 2.05) is 0 Å². The predicted octanol–water partition coefficient (Wildman–Crippen LogP) is -1.64. The largest absolute Gasteiger partial charge is 2.00 e. The van der Waals surface area contributed by atoms with Crippen LogP contribution in [0, 0.1) is 0 Å². The summed E-state index contributed by atoms with van der Waals surface area (Å²) in [6.07, 6.45) is 0. The number of hydrogen-bond donors (Lipinski definition) is 1. The SMILES string of the molecule is N.O.O.[H-].[H-].[Mg+2]. The van der Waals surface area contributed by atoms with Gasteiger partial charge in [-0.25, -0.2) is 0 Å². The van der Waals surface area contributed by atoms with Gasteiger partial charge in [0.15, 0.2) is 0 Å². The predicted molar refractivity (Wildman–Crippen MR) is 20.2 cm³/mol. The zero-order valence-electron chi connectivity index (χ0n) is 4.41. The van der Waals surface area contributed by atoms with Crippen molar-refractivity contribution in [2.24, 2.45) is 0 Å². The van der Waals surface area contributed by atoms with Crippen LogP contribution in [0.2, 0.25) is 0 Å². The van der Waals surface area contributed by atoms with E-state index in [4.69, 9.17) is 0 Å². The van der Waals surface area contributed by atoms with E-state index in [1.165, 1.54) is 0 Å². The maximum absolute atomic E-state index is 0. The fraction of sp³-hybridized carbons (Fsp3) is 0. The Balaban J connectivity index is 0. The summed E-state index contributed by atoms with van der Waals surface area (Å²) in [5.74, 6) is 0. The zero-order chi connectivity index (χ0) is 0. The molecule has 0 fully saturated rings. The fourth-order valence-corrected chi connectivity index (χ4v) is 0. The van der Waals surface area contributed by atoms with Crippen LogP contribution in [0.15, 0.2) is 0 Å². The van der Waals surface area contributed by atoms with Crippen LogP contribution in [0.1, 0.15) is 2.85 Å². The smallest absolute Gasteiger partial charge is 1.00 e. The molecule has 0 heterocycles. The van der Waals surface area contributed by atoms with Gasteiger partial charge in [-0.1, -0.05) is 0 Å². The molecule has 7 N–H and O–H groups in total. The Morgan fingerprint density at radius 1 is 1.00 bits per heavy atom. The molecule has 3 nitrogen and oxygen atoms in total. The minimum absolute atomic E-state index is 0. The van der Waals surface area contributed by atoms with Crippen molar-refractivity contribution in [1.29, 1.82) is 0 Å². The van der Waals surface area contributed by atoms with Crippen molar-refractivity contribution in [3.63, 3.8) is 0 Å². The Morgan fingerprint density at radius 2 is 1.00 bits per heavy atom. The summed E-state index contributed by atoms with van der Waals surface area (Å²) in [5.41, 5.74) is 0. The first-order valence-corrected chi connectivity index (χ1v) is 0.